The average molecular weight is 668 g/mol. The number of rotatable bonds is 9. The van der Waals surface area contributed by atoms with E-state index in [-0.39, 0.29) is 11.5 Å². The molecule has 0 unspecified atom stereocenters. The zero-order valence-corrected chi connectivity index (χ0v) is 27.9. The van der Waals surface area contributed by atoms with Crippen LogP contribution in [0.3, 0.4) is 0 Å². The highest BCUT2D eigenvalue weighted by molar-refractivity contribution is 7.98. The Morgan fingerprint density at radius 2 is 1.22 bits per heavy atom. The SMILES string of the molecule is Oc1c(CSc2ccccc2/N=C/c2cccc(-n3c4ccccc4c4ccccc43)c2O)cccc1Nc1ccccc1-c1ccccc1. The molecule has 6 heteroatoms. The van der Waals surface area contributed by atoms with E-state index < -0.39 is 0 Å². The fraction of sp³-hybridized carbons (Fsp3) is 0.0227. The van der Waals surface area contributed by atoms with Crippen molar-refractivity contribution in [2.24, 2.45) is 4.99 Å². The topological polar surface area (TPSA) is 69.8 Å². The van der Waals surface area contributed by atoms with E-state index in [1.807, 2.05) is 121 Å². The van der Waals surface area contributed by atoms with Crippen LogP contribution in [0.25, 0.3) is 38.6 Å². The molecule has 0 saturated heterocycles. The molecule has 1 heterocycles. The van der Waals surface area contributed by atoms with Crippen molar-refractivity contribution in [3.8, 4) is 28.3 Å². The van der Waals surface area contributed by atoms with Crippen LogP contribution in [-0.4, -0.2) is 21.0 Å². The summed E-state index contributed by atoms with van der Waals surface area (Å²) in [6.07, 6.45) is 1.72. The number of aromatic hydroxyl groups is 2. The van der Waals surface area contributed by atoms with E-state index in [9.17, 15) is 10.2 Å². The quantitative estimate of drug-likeness (QED) is 0.0814. The van der Waals surface area contributed by atoms with Crippen molar-refractivity contribution in [1.82, 2.24) is 4.57 Å². The Bertz CT molecular complexity index is 2450. The first-order valence-corrected chi connectivity index (χ1v) is 17.4. The van der Waals surface area contributed by atoms with Gasteiger partial charge < -0.3 is 20.1 Å². The van der Waals surface area contributed by atoms with Crippen molar-refractivity contribution < 1.29 is 10.2 Å². The fourth-order valence-electron chi connectivity index (χ4n) is 6.41. The molecule has 3 N–H and O–H groups in total. The first-order chi connectivity index (χ1) is 24.7. The van der Waals surface area contributed by atoms with Crippen molar-refractivity contribution in [2.45, 2.75) is 10.6 Å². The van der Waals surface area contributed by atoms with Crippen molar-refractivity contribution in [2.75, 3.05) is 5.32 Å². The summed E-state index contributed by atoms with van der Waals surface area (Å²) in [7, 11) is 0. The van der Waals surface area contributed by atoms with E-state index in [2.05, 4.69) is 52.3 Å². The van der Waals surface area contributed by atoms with Gasteiger partial charge in [0.15, 0.2) is 0 Å². The Balaban J connectivity index is 1.04. The molecule has 0 aliphatic rings. The molecule has 0 fully saturated rings. The summed E-state index contributed by atoms with van der Waals surface area (Å²) in [4.78, 5) is 5.81. The van der Waals surface area contributed by atoms with Gasteiger partial charge in [-0.15, -0.1) is 11.8 Å². The summed E-state index contributed by atoms with van der Waals surface area (Å²) in [5, 5.41) is 28.6. The van der Waals surface area contributed by atoms with Gasteiger partial charge in [-0.1, -0.05) is 115 Å². The monoisotopic (exact) mass is 667 g/mol. The molecule has 0 aliphatic carbocycles. The molecule has 0 atom stereocenters. The van der Waals surface area contributed by atoms with Crippen molar-refractivity contribution in [3.05, 3.63) is 175 Å². The molecule has 0 saturated carbocycles. The fourth-order valence-corrected chi connectivity index (χ4v) is 7.40. The van der Waals surface area contributed by atoms with Crippen LogP contribution < -0.4 is 5.32 Å². The number of nitrogens with zero attached hydrogens (tertiary/aromatic N) is 2. The smallest absolute Gasteiger partial charge is 0.148 e. The second-order valence-corrected chi connectivity index (χ2v) is 13.0. The standard InChI is InChI=1S/C44H33N3O2S/c48-43-32(17-12-23-38(43)46-36-21-7-4-18-33(36)30-14-2-1-3-15-30)29-50-42-27-11-8-22-37(42)45-28-31-16-13-26-41(44(31)49)47-39-24-9-5-19-34(39)35-20-6-10-25-40(35)47/h1-28,46,48-49H,29H2/b45-28+. The minimum absolute atomic E-state index is 0.163. The number of aromatic nitrogens is 1. The predicted octanol–water partition coefficient (Wildman–Crippen LogP) is 11.6. The number of fused-ring (bicyclic) bond motifs is 3. The second-order valence-electron chi connectivity index (χ2n) is 11.9. The van der Waals surface area contributed by atoms with Gasteiger partial charge in [-0.3, -0.25) is 4.99 Å². The summed E-state index contributed by atoms with van der Waals surface area (Å²) in [5.74, 6) is 0.925. The summed E-state index contributed by atoms with van der Waals surface area (Å²) < 4.78 is 2.11. The number of aliphatic imine (C=N–C) groups is 1. The Kier molecular flexibility index (Phi) is 8.51. The molecule has 7 aromatic carbocycles. The third-order valence-corrected chi connectivity index (χ3v) is 9.97. The van der Waals surface area contributed by atoms with Crippen molar-refractivity contribution >= 4 is 56.8 Å². The number of phenolic OH excluding ortho intramolecular Hbond substituents is 2. The first kappa shape index (κ1) is 31.1. The lowest BCUT2D eigenvalue weighted by molar-refractivity contribution is 0.472. The van der Waals surface area contributed by atoms with E-state index in [4.69, 9.17) is 4.99 Å². The zero-order valence-electron chi connectivity index (χ0n) is 27.1. The van der Waals surface area contributed by atoms with Crippen LogP contribution in [0.5, 0.6) is 11.5 Å². The predicted molar refractivity (Wildman–Crippen MR) is 209 cm³/mol. The van der Waals surface area contributed by atoms with Crippen LogP contribution >= 0.6 is 11.8 Å². The lowest BCUT2D eigenvalue weighted by atomic mass is 10.0. The molecule has 0 amide bonds. The number of hydrogen-bond acceptors (Lipinski definition) is 5. The number of nitrogens with one attached hydrogen (secondary N) is 1. The lowest BCUT2D eigenvalue weighted by Gasteiger charge is -2.15. The van der Waals surface area contributed by atoms with Gasteiger partial charge in [-0.25, -0.2) is 0 Å². The molecular weight excluding hydrogens is 635 g/mol. The van der Waals surface area contributed by atoms with Crippen LogP contribution in [0.4, 0.5) is 17.1 Å². The number of benzene rings is 7. The number of anilines is 2. The number of phenols is 2. The normalized spacial score (nSPS) is 11.4. The van der Waals surface area contributed by atoms with E-state index >= 15 is 0 Å². The molecule has 8 aromatic rings. The number of hydrogen-bond donors (Lipinski definition) is 3. The minimum Gasteiger partial charge on any atom is -0.505 e. The molecule has 50 heavy (non-hydrogen) atoms. The molecule has 0 spiro atoms. The third-order valence-electron chi connectivity index (χ3n) is 8.86. The average Bonchev–Trinajstić information content (AvgIpc) is 3.50. The highest BCUT2D eigenvalue weighted by Crippen LogP contribution is 2.40. The van der Waals surface area contributed by atoms with E-state index in [1.165, 1.54) is 0 Å². The van der Waals surface area contributed by atoms with Gasteiger partial charge in [-0.05, 0) is 54.1 Å². The zero-order chi connectivity index (χ0) is 33.9. The summed E-state index contributed by atoms with van der Waals surface area (Å²) >= 11 is 1.60. The van der Waals surface area contributed by atoms with Crippen molar-refractivity contribution in [3.63, 3.8) is 0 Å². The molecule has 0 bridgehead atoms. The van der Waals surface area contributed by atoms with E-state index in [0.717, 1.165) is 54.8 Å². The first-order valence-electron chi connectivity index (χ1n) is 16.4. The summed E-state index contributed by atoms with van der Waals surface area (Å²) in [6.45, 7) is 0. The van der Waals surface area contributed by atoms with Gasteiger partial charge in [0.2, 0.25) is 0 Å². The van der Waals surface area contributed by atoms with Crippen LogP contribution in [0, 0.1) is 0 Å². The van der Waals surface area contributed by atoms with Gasteiger partial charge in [-0.2, -0.15) is 0 Å². The maximum absolute atomic E-state index is 11.6. The van der Waals surface area contributed by atoms with E-state index in [1.54, 1.807) is 18.0 Å². The van der Waals surface area contributed by atoms with Crippen molar-refractivity contribution in [1.29, 1.82) is 0 Å². The van der Waals surface area contributed by atoms with Gasteiger partial charge >= 0.3 is 0 Å². The second kappa shape index (κ2) is 13.7. The highest BCUT2D eigenvalue weighted by Gasteiger charge is 2.16. The Labute approximate surface area is 294 Å². The molecule has 242 valence electrons. The van der Waals surface area contributed by atoms with Crippen LogP contribution in [-0.2, 0) is 5.75 Å². The Morgan fingerprint density at radius 3 is 2.02 bits per heavy atom. The molecule has 1 aromatic heterocycles. The summed E-state index contributed by atoms with van der Waals surface area (Å²) in [6, 6.07) is 54.3. The Morgan fingerprint density at radius 1 is 0.580 bits per heavy atom. The Hall–Kier alpha value is -6.24. The van der Waals surface area contributed by atoms with Gasteiger partial charge in [0.1, 0.15) is 11.5 Å². The molecule has 0 aliphatic heterocycles. The minimum atomic E-state index is 0.163. The van der Waals surface area contributed by atoms with Gasteiger partial charge in [0, 0.05) is 50.0 Å². The van der Waals surface area contributed by atoms with Gasteiger partial charge in [0.05, 0.1) is 28.1 Å². The molecule has 5 nitrogen and oxygen atoms in total. The largest absolute Gasteiger partial charge is 0.505 e. The van der Waals surface area contributed by atoms with Crippen LogP contribution in [0.15, 0.2) is 174 Å². The maximum Gasteiger partial charge on any atom is 0.148 e. The third kappa shape index (κ3) is 5.97. The molecule has 8 rings (SSSR count). The number of thioether (sulfide) groups is 1. The lowest BCUT2D eigenvalue weighted by Crippen LogP contribution is -1.96. The highest BCUT2D eigenvalue weighted by atomic mass is 32.2. The number of para-hydroxylation sites is 6. The van der Waals surface area contributed by atoms with E-state index in [0.29, 0.717) is 22.7 Å². The van der Waals surface area contributed by atoms with Gasteiger partial charge in [0.25, 0.3) is 0 Å². The molecular formula is C44H33N3O2S. The van der Waals surface area contributed by atoms with Crippen LogP contribution in [0.2, 0.25) is 0 Å². The summed E-state index contributed by atoms with van der Waals surface area (Å²) in [5.41, 5.74) is 8.71. The molecule has 0 radical (unpaired) electrons. The van der Waals surface area contributed by atoms with Crippen LogP contribution in [0.1, 0.15) is 11.1 Å². The maximum atomic E-state index is 11.6.